The number of halogens is 1. The van der Waals surface area contributed by atoms with Gasteiger partial charge in [0, 0.05) is 17.1 Å². The number of hydrogen-bond donors (Lipinski definition) is 1. The number of benzene rings is 1. The fourth-order valence-electron chi connectivity index (χ4n) is 2.97. The summed E-state index contributed by atoms with van der Waals surface area (Å²) in [6.45, 7) is 4.63. The van der Waals surface area contributed by atoms with Gasteiger partial charge < -0.3 is 5.32 Å². The van der Waals surface area contributed by atoms with Crippen molar-refractivity contribution in [1.82, 2.24) is 5.32 Å². The van der Waals surface area contributed by atoms with Crippen LogP contribution in [0.15, 0.2) is 24.3 Å². The van der Waals surface area contributed by atoms with Gasteiger partial charge in [-0.05, 0) is 42.9 Å². The van der Waals surface area contributed by atoms with E-state index in [0.29, 0.717) is 12.1 Å². The summed E-state index contributed by atoms with van der Waals surface area (Å²) in [5, 5.41) is 4.67. The third-order valence-corrected chi connectivity index (χ3v) is 4.46. The van der Waals surface area contributed by atoms with Crippen LogP contribution in [0.1, 0.15) is 57.6 Å². The van der Waals surface area contributed by atoms with Gasteiger partial charge in [0.25, 0.3) is 0 Å². The Hall–Kier alpha value is -0.530. The van der Waals surface area contributed by atoms with Crippen molar-refractivity contribution in [3.63, 3.8) is 0 Å². The molecule has 0 radical (unpaired) electrons. The minimum Gasteiger partial charge on any atom is -0.307 e. The average molecular weight is 266 g/mol. The molecule has 0 spiro atoms. The molecule has 1 aromatic carbocycles. The van der Waals surface area contributed by atoms with Crippen molar-refractivity contribution in [2.24, 2.45) is 5.92 Å². The lowest BCUT2D eigenvalue weighted by molar-refractivity contribution is 0.256. The molecule has 1 N–H and O–H groups in total. The van der Waals surface area contributed by atoms with E-state index < -0.39 is 0 Å². The summed E-state index contributed by atoms with van der Waals surface area (Å²) >= 11 is 5.95. The largest absolute Gasteiger partial charge is 0.307 e. The van der Waals surface area contributed by atoms with Gasteiger partial charge >= 0.3 is 0 Å². The second-order valence-electron chi connectivity index (χ2n) is 5.55. The maximum Gasteiger partial charge on any atom is 0.0406 e. The average Bonchev–Trinajstić information content (AvgIpc) is 2.39. The first-order valence-electron chi connectivity index (χ1n) is 7.22. The Kier molecular flexibility index (Phi) is 5.08. The minimum atomic E-state index is 0.466. The Balaban J connectivity index is 2.02. The molecule has 1 aliphatic rings. The van der Waals surface area contributed by atoms with E-state index in [2.05, 4.69) is 31.3 Å². The van der Waals surface area contributed by atoms with E-state index >= 15 is 0 Å². The lowest BCUT2D eigenvalue weighted by atomic mass is 9.85. The van der Waals surface area contributed by atoms with Crippen molar-refractivity contribution in [2.75, 3.05) is 0 Å². The van der Waals surface area contributed by atoms with Gasteiger partial charge in [-0.25, -0.2) is 0 Å². The lowest BCUT2D eigenvalue weighted by Crippen LogP contribution is -2.39. The molecule has 1 aliphatic carbocycles. The molecule has 0 saturated heterocycles. The molecule has 0 aromatic heterocycles. The molecule has 3 unspecified atom stereocenters. The van der Waals surface area contributed by atoms with Crippen LogP contribution in [0, 0.1) is 5.92 Å². The summed E-state index contributed by atoms with van der Waals surface area (Å²) in [5.41, 5.74) is 1.36. The van der Waals surface area contributed by atoms with Crippen LogP contribution in [0.5, 0.6) is 0 Å². The first-order chi connectivity index (χ1) is 8.70. The zero-order chi connectivity index (χ0) is 13.0. The third-order valence-electron chi connectivity index (χ3n) is 4.21. The minimum absolute atomic E-state index is 0.466. The monoisotopic (exact) mass is 265 g/mol. The maximum atomic E-state index is 5.95. The zero-order valence-corrected chi connectivity index (χ0v) is 12.2. The highest BCUT2D eigenvalue weighted by Gasteiger charge is 2.23. The van der Waals surface area contributed by atoms with Crippen LogP contribution >= 0.6 is 11.6 Å². The van der Waals surface area contributed by atoms with Gasteiger partial charge in [0.2, 0.25) is 0 Å². The van der Waals surface area contributed by atoms with Crippen LogP contribution < -0.4 is 5.32 Å². The van der Waals surface area contributed by atoms with Crippen molar-refractivity contribution in [2.45, 2.75) is 58.0 Å². The van der Waals surface area contributed by atoms with E-state index in [-0.39, 0.29) is 0 Å². The Morgan fingerprint density at radius 2 is 1.89 bits per heavy atom. The van der Waals surface area contributed by atoms with Crippen LogP contribution in [0.2, 0.25) is 5.02 Å². The van der Waals surface area contributed by atoms with Gasteiger partial charge in [-0.15, -0.1) is 0 Å². The fourth-order valence-corrected chi connectivity index (χ4v) is 3.09. The van der Waals surface area contributed by atoms with Crippen LogP contribution in [0.3, 0.4) is 0 Å². The molecule has 0 bridgehead atoms. The molecule has 2 rings (SSSR count). The van der Waals surface area contributed by atoms with Gasteiger partial charge in [-0.3, -0.25) is 0 Å². The van der Waals surface area contributed by atoms with Crippen LogP contribution in [-0.2, 0) is 0 Å². The number of rotatable bonds is 4. The Bertz CT molecular complexity index is 360. The van der Waals surface area contributed by atoms with Crippen molar-refractivity contribution < 1.29 is 0 Å². The Morgan fingerprint density at radius 1 is 1.22 bits per heavy atom. The molecule has 1 aromatic rings. The van der Waals surface area contributed by atoms with E-state index in [0.717, 1.165) is 17.4 Å². The fraction of sp³-hybridized carbons (Fsp3) is 0.625. The predicted octanol–water partition coefficient (Wildman–Crippen LogP) is 4.96. The first kappa shape index (κ1) is 13.9. The summed E-state index contributed by atoms with van der Waals surface area (Å²) in [6, 6.07) is 9.43. The van der Waals surface area contributed by atoms with Crippen LogP contribution in [0.25, 0.3) is 0 Å². The summed E-state index contributed by atoms with van der Waals surface area (Å²) in [7, 11) is 0. The molecule has 2 heteroatoms. The predicted molar refractivity (Wildman–Crippen MR) is 79.0 cm³/mol. The number of hydrogen-bond acceptors (Lipinski definition) is 1. The van der Waals surface area contributed by atoms with Crippen molar-refractivity contribution in [3.05, 3.63) is 34.9 Å². The highest BCUT2D eigenvalue weighted by atomic mass is 35.5. The zero-order valence-electron chi connectivity index (χ0n) is 11.5. The molecule has 0 amide bonds. The second-order valence-corrected chi connectivity index (χ2v) is 5.98. The van der Waals surface area contributed by atoms with E-state index in [1.165, 1.54) is 31.2 Å². The topological polar surface area (TPSA) is 12.0 Å². The Morgan fingerprint density at radius 3 is 2.50 bits per heavy atom. The molecule has 1 fully saturated rings. The third kappa shape index (κ3) is 3.49. The standard InChI is InChI=1S/C16H24ClN/c1-3-15(13-8-10-14(17)11-9-13)18-16-7-5-4-6-12(16)2/h8-12,15-16,18H,3-7H2,1-2H3. The van der Waals surface area contributed by atoms with E-state index in [4.69, 9.17) is 11.6 Å². The van der Waals surface area contributed by atoms with Gasteiger partial charge in [-0.2, -0.15) is 0 Å². The molecule has 18 heavy (non-hydrogen) atoms. The summed E-state index contributed by atoms with van der Waals surface area (Å²) in [6.07, 6.45) is 6.60. The van der Waals surface area contributed by atoms with Crippen LogP contribution in [-0.4, -0.2) is 6.04 Å². The molecule has 1 nitrogen and oxygen atoms in total. The maximum absolute atomic E-state index is 5.95. The summed E-state index contributed by atoms with van der Waals surface area (Å²) < 4.78 is 0. The molecular formula is C16H24ClN. The van der Waals surface area contributed by atoms with Crippen molar-refractivity contribution in [1.29, 1.82) is 0 Å². The highest BCUT2D eigenvalue weighted by Crippen LogP contribution is 2.27. The van der Waals surface area contributed by atoms with Gasteiger partial charge in [-0.1, -0.05) is 50.4 Å². The van der Waals surface area contributed by atoms with Gasteiger partial charge in [0.05, 0.1) is 0 Å². The number of nitrogens with one attached hydrogen (secondary N) is 1. The van der Waals surface area contributed by atoms with E-state index in [9.17, 15) is 0 Å². The molecule has 1 saturated carbocycles. The second kappa shape index (κ2) is 6.58. The Labute approximate surface area is 116 Å². The molecule has 100 valence electrons. The molecule has 0 aliphatic heterocycles. The van der Waals surface area contributed by atoms with Crippen LogP contribution in [0.4, 0.5) is 0 Å². The summed E-state index contributed by atoms with van der Waals surface area (Å²) in [5.74, 6) is 0.806. The summed E-state index contributed by atoms with van der Waals surface area (Å²) in [4.78, 5) is 0. The SMILES string of the molecule is CCC(NC1CCCCC1C)c1ccc(Cl)cc1. The van der Waals surface area contributed by atoms with Crippen molar-refractivity contribution >= 4 is 11.6 Å². The van der Waals surface area contributed by atoms with Crippen molar-refractivity contribution in [3.8, 4) is 0 Å². The van der Waals surface area contributed by atoms with E-state index in [1.807, 2.05) is 12.1 Å². The molecule has 0 heterocycles. The molecular weight excluding hydrogens is 242 g/mol. The van der Waals surface area contributed by atoms with Gasteiger partial charge in [0.15, 0.2) is 0 Å². The quantitative estimate of drug-likeness (QED) is 0.811. The van der Waals surface area contributed by atoms with E-state index in [1.54, 1.807) is 0 Å². The highest BCUT2D eigenvalue weighted by molar-refractivity contribution is 6.30. The van der Waals surface area contributed by atoms with Gasteiger partial charge in [0.1, 0.15) is 0 Å². The lowest BCUT2D eigenvalue weighted by Gasteiger charge is -2.33. The smallest absolute Gasteiger partial charge is 0.0406 e. The first-order valence-corrected chi connectivity index (χ1v) is 7.60. The normalized spacial score (nSPS) is 25.9. The molecule has 3 atom stereocenters.